The van der Waals surface area contributed by atoms with Crippen LogP contribution in [0.5, 0.6) is 0 Å². The zero-order valence-electron chi connectivity index (χ0n) is 22.0. The third-order valence-corrected chi connectivity index (χ3v) is 6.02. The van der Waals surface area contributed by atoms with Crippen molar-refractivity contribution in [2.24, 2.45) is 11.8 Å². The average molecular weight is 540 g/mol. The van der Waals surface area contributed by atoms with Crippen LogP contribution < -0.4 is 16.0 Å². The van der Waals surface area contributed by atoms with Gasteiger partial charge in [0.15, 0.2) is 11.6 Å². The molecular formula is C26H35F2N3O7. The van der Waals surface area contributed by atoms with E-state index in [0.29, 0.717) is 12.0 Å². The molecule has 3 amide bonds. The predicted octanol–water partition coefficient (Wildman–Crippen LogP) is 1.72. The molecule has 1 fully saturated rings. The molecule has 1 aliphatic rings. The smallest absolute Gasteiger partial charge is 0.328 e. The van der Waals surface area contributed by atoms with E-state index in [1.54, 1.807) is 27.7 Å². The molecule has 4 atom stereocenters. The van der Waals surface area contributed by atoms with Gasteiger partial charge in [-0.05, 0) is 56.2 Å². The molecule has 3 N–H and O–H groups in total. The summed E-state index contributed by atoms with van der Waals surface area (Å²) in [6, 6.07) is 1.33. The molecule has 0 heterocycles. The monoisotopic (exact) mass is 539 g/mol. The minimum atomic E-state index is -1.12. The van der Waals surface area contributed by atoms with E-state index in [0.717, 1.165) is 12.1 Å². The van der Waals surface area contributed by atoms with Crippen LogP contribution in [0.1, 0.15) is 58.4 Å². The van der Waals surface area contributed by atoms with Gasteiger partial charge in [-0.2, -0.15) is 0 Å². The molecule has 10 nitrogen and oxygen atoms in total. The highest BCUT2D eigenvalue weighted by Crippen LogP contribution is 2.47. The Bertz CT molecular complexity index is 1030. The fraction of sp³-hybridized carbons (Fsp3) is 0.577. The van der Waals surface area contributed by atoms with E-state index in [9.17, 15) is 32.8 Å². The Kier molecular flexibility index (Phi) is 11.6. The molecule has 1 aromatic carbocycles. The highest BCUT2D eigenvalue weighted by atomic mass is 19.2. The number of rotatable bonds is 14. The van der Waals surface area contributed by atoms with Crippen LogP contribution >= 0.6 is 0 Å². The number of carbonyl (C=O) groups is 5. The maximum Gasteiger partial charge on any atom is 0.328 e. The maximum absolute atomic E-state index is 13.5. The van der Waals surface area contributed by atoms with Gasteiger partial charge < -0.3 is 25.4 Å². The number of ether oxygens (including phenoxy) is 2. The van der Waals surface area contributed by atoms with Gasteiger partial charge >= 0.3 is 11.9 Å². The van der Waals surface area contributed by atoms with Gasteiger partial charge in [-0.3, -0.25) is 19.2 Å². The Hall–Kier alpha value is -3.57. The lowest BCUT2D eigenvalue weighted by atomic mass is 10.0. The second kappa shape index (κ2) is 14.4. The van der Waals surface area contributed by atoms with Crippen molar-refractivity contribution in [1.29, 1.82) is 0 Å². The van der Waals surface area contributed by atoms with Crippen molar-refractivity contribution in [3.8, 4) is 0 Å². The van der Waals surface area contributed by atoms with E-state index < -0.39 is 65.8 Å². The van der Waals surface area contributed by atoms with Crippen LogP contribution in [0.4, 0.5) is 8.78 Å². The first-order chi connectivity index (χ1) is 18.0. The van der Waals surface area contributed by atoms with E-state index in [2.05, 4.69) is 16.0 Å². The lowest BCUT2D eigenvalue weighted by molar-refractivity contribution is -0.149. The maximum atomic E-state index is 13.5. The fourth-order valence-electron chi connectivity index (χ4n) is 3.90. The lowest BCUT2D eigenvalue weighted by Crippen LogP contribution is -2.55. The van der Waals surface area contributed by atoms with Crippen LogP contribution in [0, 0.1) is 23.5 Å². The van der Waals surface area contributed by atoms with E-state index in [-0.39, 0.29) is 37.9 Å². The van der Waals surface area contributed by atoms with Crippen molar-refractivity contribution < 1.29 is 42.2 Å². The normalized spacial score (nSPS) is 17.7. The predicted molar refractivity (Wildman–Crippen MR) is 131 cm³/mol. The van der Waals surface area contributed by atoms with Crippen molar-refractivity contribution in [2.45, 2.75) is 65.0 Å². The van der Waals surface area contributed by atoms with E-state index in [1.807, 2.05) is 0 Å². The van der Waals surface area contributed by atoms with Gasteiger partial charge in [0.2, 0.25) is 17.7 Å². The van der Waals surface area contributed by atoms with E-state index in [1.165, 1.54) is 6.07 Å². The Morgan fingerprint density at radius 2 is 1.68 bits per heavy atom. The van der Waals surface area contributed by atoms with Crippen LogP contribution in [-0.4, -0.2) is 61.5 Å². The molecule has 38 heavy (non-hydrogen) atoms. The van der Waals surface area contributed by atoms with Gasteiger partial charge in [0.1, 0.15) is 12.1 Å². The molecule has 2 rings (SSSR count). The Morgan fingerprint density at radius 1 is 1.00 bits per heavy atom. The number of carbonyl (C=O) groups excluding carboxylic acids is 5. The van der Waals surface area contributed by atoms with Crippen molar-refractivity contribution in [2.75, 3.05) is 19.8 Å². The minimum Gasteiger partial charge on any atom is -0.466 e. The van der Waals surface area contributed by atoms with Crippen molar-refractivity contribution in [3.05, 3.63) is 35.4 Å². The van der Waals surface area contributed by atoms with Crippen LogP contribution in [0.3, 0.4) is 0 Å². The number of esters is 2. The second-order valence-corrected chi connectivity index (χ2v) is 9.29. The summed E-state index contributed by atoms with van der Waals surface area (Å²) in [6.45, 7) is 6.49. The molecule has 0 spiro atoms. The number of nitrogens with one attached hydrogen (secondary N) is 3. The van der Waals surface area contributed by atoms with E-state index in [4.69, 9.17) is 9.47 Å². The minimum absolute atomic E-state index is 0.0429. The van der Waals surface area contributed by atoms with Crippen LogP contribution in [-0.2, 0) is 33.4 Å². The zero-order chi connectivity index (χ0) is 28.4. The number of hydrogen-bond donors (Lipinski definition) is 3. The molecule has 0 bridgehead atoms. The van der Waals surface area contributed by atoms with Crippen molar-refractivity contribution >= 4 is 29.7 Å². The third-order valence-electron chi connectivity index (χ3n) is 6.02. The number of halogens is 2. The molecule has 0 unspecified atom stereocenters. The summed E-state index contributed by atoms with van der Waals surface area (Å²) in [7, 11) is 0. The first-order valence-electron chi connectivity index (χ1n) is 12.6. The second-order valence-electron chi connectivity index (χ2n) is 9.29. The number of hydrogen-bond acceptors (Lipinski definition) is 7. The summed E-state index contributed by atoms with van der Waals surface area (Å²) < 4.78 is 36.4. The highest BCUT2D eigenvalue weighted by molar-refractivity contribution is 5.93. The molecule has 0 saturated heterocycles. The quantitative estimate of drug-likeness (QED) is 0.306. The highest BCUT2D eigenvalue weighted by Gasteiger charge is 2.44. The Balaban J connectivity index is 1.90. The summed E-state index contributed by atoms with van der Waals surface area (Å²) in [5.41, 5.74) is 0.504. The lowest BCUT2D eigenvalue weighted by Gasteiger charge is -2.25. The molecule has 1 aliphatic carbocycles. The fourth-order valence-corrected chi connectivity index (χ4v) is 3.90. The van der Waals surface area contributed by atoms with Gasteiger partial charge in [-0.15, -0.1) is 0 Å². The van der Waals surface area contributed by atoms with E-state index >= 15 is 0 Å². The van der Waals surface area contributed by atoms with Gasteiger partial charge in [0.25, 0.3) is 0 Å². The Labute approximate surface area is 220 Å². The molecule has 0 aliphatic heterocycles. The molecule has 210 valence electrons. The SMILES string of the molecule is CCOC(=O)CC[C@@H](NC(=O)[C@@H](NC(=O)CNC(=O)[C@@H]1C[C@H]1c1ccc(F)c(F)c1)C(C)C)C(=O)OCC. The van der Waals surface area contributed by atoms with Gasteiger partial charge in [0, 0.05) is 12.3 Å². The van der Waals surface area contributed by atoms with Crippen LogP contribution in [0.15, 0.2) is 18.2 Å². The van der Waals surface area contributed by atoms with Gasteiger partial charge in [-0.1, -0.05) is 19.9 Å². The zero-order valence-corrected chi connectivity index (χ0v) is 22.0. The number of amides is 3. The van der Waals surface area contributed by atoms with Crippen molar-refractivity contribution in [3.63, 3.8) is 0 Å². The average Bonchev–Trinajstić information content (AvgIpc) is 3.66. The largest absolute Gasteiger partial charge is 0.466 e. The van der Waals surface area contributed by atoms with Crippen LogP contribution in [0.2, 0.25) is 0 Å². The van der Waals surface area contributed by atoms with Gasteiger partial charge in [-0.25, -0.2) is 13.6 Å². The number of benzene rings is 1. The molecule has 1 aromatic rings. The summed E-state index contributed by atoms with van der Waals surface area (Å²) in [5, 5.41) is 7.58. The molecule has 0 radical (unpaired) electrons. The molecule has 0 aromatic heterocycles. The van der Waals surface area contributed by atoms with Crippen LogP contribution in [0.25, 0.3) is 0 Å². The molecule has 12 heteroatoms. The standard InChI is InChI=1S/C26H35F2N3O7/c1-5-37-22(33)10-9-20(26(36)38-6-2)30-25(35)23(14(3)4)31-21(32)13-29-24(34)17-12-16(17)15-7-8-18(27)19(28)11-15/h7-8,11,14,16-17,20,23H,5-6,9-10,12-13H2,1-4H3,(H,29,34)(H,30,35)(H,31,32)/t16-,17+,20+,23-/m0/s1. The van der Waals surface area contributed by atoms with Crippen molar-refractivity contribution in [1.82, 2.24) is 16.0 Å². The first kappa shape index (κ1) is 30.7. The Morgan fingerprint density at radius 3 is 2.29 bits per heavy atom. The molecular weight excluding hydrogens is 504 g/mol. The summed E-state index contributed by atoms with van der Waals surface area (Å²) in [4.78, 5) is 61.9. The summed E-state index contributed by atoms with van der Waals surface area (Å²) in [6.07, 6.45) is 0.282. The topological polar surface area (TPSA) is 140 Å². The summed E-state index contributed by atoms with van der Waals surface area (Å²) >= 11 is 0. The summed E-state index contributed by atoms with van der Waals surface area (Å²) in [5.74, 6) is -6.00. The third kappa shape index (κ3) is 9.07. The first-order valence-corrected chi connectivity index (χ1v) is 12.6. The van der Waals surface area contributed by atoms with Gasteiger partial charge in [0.05, 0.1) is 19.8 Å². The molecule has 1 saturated carbocycles.